The Morgan fingerprint density at radius 3 is 2.37 bits per heavy atom. The van der Waals surface area contributed by atoms with Crippen molar-refractivity contribution in [3.05, 3.63) is 88.3 Å². The monoisotopic (exact) mass is 984 g/mol. The number of nitrogens with zero attached hydrogens (tertiary/aromatic N) is 8. The summed E-state index contributed by atoms with van der Waals surface area (Å²) in [7, 11) is 1.86. The Balaban J connectivity index is 0.770. The molecule has 70 heavy (non-hydrogen) atoms. The predicted molar refractivity (Wildman–Crippen MR) is 270 cm³/mol. The van der Waals surface area contributed by atoms with Crippen LogP contribution in [0.1, 0.15) is 119 Å². The number of likely N-dealkylation sites (tertiary alicyclic amines) is 1. The normalized spacial score (nSPS) is 19.0. The summed E-state index contributed by atoms with van der Waals surface area (Å²) >= 11 is 3.13. The number of benzene rings is 1. The molecule has 6 aromatic rings. The zero-order valence-electron chi connectivity index (χ0n) is 40.4. The molecule has 2 aliphatic rings. The molecule has 0 bridgehead atoms. The average Bonchev–Trinajstić information content (AvgIpc) is 4.19. The molecule has 5 N–H and O–H groups in total. The number of pyridine rings is 1. The van der Waals surface area contributed by atoms with E-state index in [1.54, 1.807) is 39.5 Å². The fraction of sp³-hybridized carbons (Fsp3) is 0.451. The number of aryl methyl sites for hydroxylation is 1. The number of thiazole rings is 1. The second-order valence-corrected chi connectivity index (χ2v) is 21.3. The number of aromatic nitrogens is 6. The molecule has 0 radical (unpaired) electrons. The molecule has 8 rings (SSSR count). The quantitative estimate of drug-likeness (QED) is 0.0600. The summed E-state index contributed by atoms with van der Waals surface area (Å²) < 4.78 is 1.76. The van der Waals surface area contributed by atoms with Crippen LogP contribution in [-0.2, 0) is 19.2 Å². The van der Waals surface area contributed by atoms with Crippen LogP contribution < -0.4 is 21.3 Å². The molecule has 4 atom stereocenters. The van der Waals surface area contributed by atoms with Gasteiger partial charge in [-0.15, -0.1) is 21.5 Å². The number of unbranched alkanes of at least 4 members (excludes halogenated alkanes) is 1. The molecule has 4 amide bonds. The van der Waals surface area contributed by atoms with Gasteiger partial charge in [0.15, 0.2) is 5.01 Å². The third-order valence-corrected chi connectivity index (χ3v) is 15.4. The van der Waals surface area contributed by atoms with Crippen molar-refractivity contribution in [3.63, 3.8) is 0 Å². The van der Waals surface area contributed by atoms with E-state index in [0.29, 0.717) is 18.4 Å². The van der Waals surface area contributed by atoms with Crippen LogP contribution in [0.25, 0.3) is 37.9 Å². The summed E-state index contributed by atoms with van der Waals surface area (Å²) in [6.07, 6.45) is 7.33. The minimum Gasteiger partial charge on any atom is -0.391 e. The van der Waals surface area contributed by atoms with Gasteiger partial charge in [0.05, 0.1) is 62.5 Å². The first-order chi connectivity index (χ1) is 33.6. The molecule has 2 fully saturated rings. The summed E-state index contributed by atoms with van der Waals surface area (Å²) in [4.78, 5) is 65.8. The smallest absolute Gasteiger partial charge is 0.246 e. The molecule has 0 unspecified atom stereocenters. The highest BCUT2D eigenvalue weighted by atomic mass is 32.1. The van der Waals surface area contributed by atoms with Crippen LogP contribution in [0, 0.1) is 23.7 Å². The number of aliphatic hydroxyl groups is 1. The van der Waals surface area contributed by atoms with E-state index in [2.05, 4.69) is 47.6 Å². The number of carbonyl (C=O) groups is 4. The highest BCUT2D eigenvalue weighted by molar-refractivity contribution is 7.14. The van der Waals surface area contributed by atoms with E-state index < -0.39 is 29.5 Å². The van der Waals surface area contributed by atoms with E-state index in [-0.39, 0.29) is 61.5 Å². The Labute approximate surface area is 415 Å². The topological polar surface area (TPSA) is 233 Å². The second kappa shape index (κ2) is 21.6. The van der Waals surface area contributed by atoms with Gasteiger partial charge in [0.2, 0.25) is 23.6 Å². The standard InChI is InChI=1S/C51H60N12O5S2/c1-29(32-11-13-33(14-12-32)45-30(2)55-28-69-45)57-47(67)42-22-37(64)27-62(42)50(68)46(51(3,4)5)59-44(66)10-8-7-9-43(65)58-35-17-15-34(16-18-35)48-60-61-49(70-48)38-26-54-40(23-39(38)53-6)41-20-19-36-21-31(24-52)25-56-63(36)41/h11-14,19-21,23,25-26,28-29,34-35,37,42,46,64H,7-10,15-18,22,27H2,1-6H3,(H,53,54)(H,57,67)(H,58,65)(H,59,66)/t29-,34?,35?,37+,42-,46+/m0/s1. The van der Waals surface area contributed by atoms with Crippen molar-refractivity contribution in [2.24, 2.45) is 5.41 Å². The van der Waals surface area contributed by atoms with Crippen molar-refractivity contribution in [2.75, 3.05) is 18.9 Å². The van der Waals surface area contributed by atoms with Gasteiger partial charge in [-0.05, 0) is 93.2 Å². The van der Waals surface area contributed by atoms with Crippen LogP contribution in [-0.4, -0.2) is 101 Å². The molecular formula is C51H60N12O5S2. The minimum atomic E-state index is -0.933. The lowest BCUT2D eigenvalue weighted by Crippen LogP contribution is -2.57. The third kappa shape index (κ3) is 11.4. The van der Waals surface area contributed by atoms with Gasteiger partial charge in [-0.1, -0.05) is 56.4 Å². The Morgan fingerprint density at radius 1 is 0.943 bits per heavy atom. The molecule has 17 nitrogen and oxygen atoms in total. The maximum absolute atomic E-state index is 14.1. The van der Waals surface area contributed by atoms with Gasteiger partial charge in [-0.25, -0.2) is 9.50 Å². The number of nitrogens with one attached hydrogen (secondary N) is 4. The van der Waals surface area contributed by atoms with E-state index >= 15 is 0 Å². The van der Waals surface area contributed by atoms with Crippen LogP contribution in [0.4, 0.5) is 5.69 Å². The lowest BCUT2D eigenvalue weighted by Gasteiger charge is -2.35. The number of fused-ring (bicyclic) bond motifs is 1. The van der Waals surface area contributed by atoms with Crippen molar-refractivity contribution in [1.29, 1.82) is 5.26 Å². The maximum atomic E-state index is 14.1. The lowest BCUT2D eigenvalue weighted by molar-refractivity contribution is -0.144. The molecule has 1 saturated carbocycles. The van der Waals surface area contributed by atoms with Crippen molar-refractivity contribution in [2.45, 2.75) is 129 Å². The lowest BCUT2D eigenvalue weighted by atomic mass is 9.85. The van der Waals surface area contributed by atoms with Gasteiger partial charge >= 0.3 is 0 Å². The molecule has 5 aromatic heterocycles. The van der Waals surface area contributed by atoms with Gasteiger partial charge in [0, 0.05) is 56.7 Å². The predicted octanol–water partition coefficient (Wildman–Crippen LogP) is 7.33. The first-order valence-electron chi connectivity index (χ1n) is 23.9. The maximum Gasteiger partial charge on any atom is 0.246 e. The number of nitriles is 1. The molecule has 1 aromatic carbocycles. The fourth-order valence-corrected chi connectivity index (χ4v) is 11.2. The Hall–Kier alpha value is -6.62. The molecule has 1 saturated heterocycles. The molecule has 1 aliphatic heterocycles. The largest absolute Gasteiger partial charge is 0.391 e. The summed E-state index contributed by atoms with van der Waals surface area (Å²) in [5.74, 6) is -0.909. The van der Waals surface area contributed by atoms with Crippen molar-refractivity contribution in [1.82, 2.24) is 50.6 Å². The zero-order valence-corrected chi connectivity index (χ0v) is 42.0. The number of β-amino-alcohol motifs (C(OH)–C–C–N with tert-alkyl or cyclic N) is 1. The van der Waals surface area contributed by atoms with Crippen molar-refractivity contribution in [3.8, 4) is 38.5 Å². The Morgan fingerprint density at radius 2 is 1.69 bits per heavy atom. The molecule has 0 spiro atoms. The summed E-state index contributed by atoms with van der Waals surface area (Å²) in [5, 5.41) is 47.6. The second-order valence-electron chi connectivity index (χ2n) is 19.4. The fourth-order valence-electron chi connectivity index (χ4n) is 9.34. The number of carbonyl (C=O) groups excluding carboxylic acids is 4. The number of rotatable bonds is 16. The van der Waals surface area contributed by atoms with Gasteiger partial charge in [-0.2, -0.15) is 10.4 Å². The number of hydrogen-bond acceptors (Lipinski definition) is 14. The summed E-state index contributed by atoms with van der Waals surface area (Å²) in [6, 6.07) is 15.5. The first-order valence-corrected chi connectivity index (χ1v) is 25.6. The van der Waals surface area contributed by atoms with Crippen LogP contribution in [0.15, 0.2) is 66.4 Å². The third-order valence-electron chi connectivity index (χ3n) is 13.3. The zero-order chi connectivity index (χ0) is 49.7. The van der Waals surface area contributed by atoms with Gasteiger partial charge in [0.25, 0.3) is 0 Å². The minimum absolute atomic E-state index is 0.0119. The number of aliphatic hydroxyl groups excluding tert-OH is 1. The van der Waals surface area contributed by atoms with Crippen molar-refractivity contribution < 1.29 is 24.3 Å². The van der Waals surface area contributed by atoms with Gasteiger partial charge in [0.1, 0.15) is 23.2 Å². The van der Waals surface area contributed by atoms with Crippen LogP contribution in [0.2, 0.25) is 0 Å². The number of anilines is 1. The number of amides is 4. The Kier molecular flexibility index (Phi) is 15.3. The van der Waals surface area contributed by atoms with Crippen LogP contribution >= 0.6 is 22.7 Å². The van der Waals surface area contributed by atoms with E-state index in [0.717, 1.165) is 85.6 Å². The Bertz CT molecular complexity index is 2890. The molecule has 1 aliphatic carbocycles. The van der Waals surface area contributed by atoms with E-state index in [1.165, 1.54) is 11.1 Å². The molecular weight excluding hydrogens is 925 g/mol. The van der Waals surface area contributed by atoms with E-state index in [9.17, 15) is 29.5 Å². The number of hydrogen-bond donors (Lipinski definition) is 5. The molecule has 366 valence electrons. The summed E-state index contributed by atoms with van der Waals surface area (Å²) in [6.45, 7) is 9.42. The van der Waals surface area contributed by atoms with Crippen LogP contribution in [0.5, 0.6) is 0 Å². The van der Waals surface area contributed by atoms with E-state index in [1.807, 2.05) is 89.6 Å². The highest BCUT2D eigenvalue weighted by Crippen LogP contribution is 2.39. The van der Waals surface area contributed by atoms with Crippen LogP contribution in [0.3, 0.4) is 0 Å². The highest BCUT2D eigenvalue weighted by Gasteiger charge is 2.44. The molecule has 6 heterocycles. The van der Waals surface area contributed by atoms with Gasteiger partial charge in [-0.3, -0.25) is 24.2 Å². The average molecular weight is 985 g/mol. The van der Waals surface area contributed by atoms with Gasteiger partial charge < -0.3 is 31.3 Å². The van der Waals surface area contributed by atoms with Crippen molar-refractivity contribution >= 4 is 57.5 Å². The van der Waals surface area contributed by atoms with E-state index in [4.69, 9.17) is 4.98 Å². The first kappa shape index (κ1) is 49.8. The molecule has 19 heteroatoms. The summed E-state index contributed by atoms with van der Waals surface area (Å²) in [5.41, 5.74) is 8.58. The SMILES string of the molecule is CNc1cc(-c2ccc3cc(C#N)cnn23)ncc1-c1nnc(C2CCC(NC(=O)CCCCC(=O)N[C@H](C(=O)N3C[C@H](O)C[C@H]3C(=O)N[C@@H](C)c3ccc(-c4scnc4C)cc3)C(C)(C)C)CC2)s1.